The van der Waals surface area contributed by atoms with Crippen LogP contribution in [0.3, 0.4) is 0 Å². The van der Waals surface area contributed by atoms with Gasteiger partial charge in [0.25, 0.3) is 0 Å². The first kappa shape index (κ1) is 79.9. The van der Waals surface area contributed by atoms with Crippen LogP contribution in [0.15, 0.2) is 23.3 Å². The van der Waals surface area contributed by atoms with Crippen molar-refractivity contribution in [1.82, 2.24) is 10.6 Å². The van der Waals surface area contributed by atoms with Crippen LogP contribution in [0.25, 0.3) is 0 Å². The zero-order valence-corrected chi connectivity index (χ0v) is 52.9. The Hall–Kier alpha value is -2.16. The van der Waals surface area contributed by atoms with Gasteiger partial charge >= 0.3 is 0 Å². The molecule has 0 spiro atoms. The summed E-state index contributed by atoms with van der Waals surface area (Å²) in [7, 11) is 0. The van der Waals surface area contributed by atoms with Crippen LogP contribution in [0, 0.1) is 0 Å². The molecule has 0 aromatic heterocycles. The van der Waals surface area contributed by atoms with E-state index in [1.807, 2.05) is 0 Å². The fourth-order valence-corrected chi connectivity index (χ4v) is 13.7. The zero-order chi connectivity index (χ0) is 72.0. The number of hydrogen-bond acceptors (Lipinski definition) is 41. The maximum absolute atomic E-state index is 11.5. The molecular formula is C57H96N2O39. The fraction of sp³-hybridized carbons (Fsp3) is 0.930. The van der Waals surface area contributed by atoms with Gasteiger partial charge in [0.05, 0.1) is 88.7 Å². The second-order valence-electron chi connectivity index (χ2n) is 26.0. The van der Waals surface area contributed by atoms with Crippen molar-refractivity contribution in [1.29, 1.82) is 0 Å². The van der Waals surface area contributed by atoms with Crippen LogP contribution in [0.5, 0.6) is 0 Å². The lowest BCUT2D eigenvalue weighted by atomic mass is 9.86. The highest BCUT2D eigenvalue weighted by molar-refractivity contribution is 5.24. The maximum atomic E-state index is 11.5. The number of nitrogens with one attached hydrogen (secondary N) is 2. The highest BCUT2D eigenvalue weighted by Crippen LogP contribution is 2.39. The predicted octanol–water partition coefficient (Wildman–Crippen LogP) is -17.2. The van der Waals surface area contributed by atoms with E-state index in [-0.39, 0.29) is 11.1 Å². The monoisotopic (exact) mass is 1430 g/mol. The number of hydrogen-bond donors (Lipinski definition) is 28. The van der Waals surface area contributed by atoms with Crippen molar-refractivity contribution in [2.75, 3.05) is 46.2 Å². The van der Waals surface area contributed by atoms with Gasteiger partial charge in [-0.1, -0.05) is 12.2 Å². The van der Waals surface area contributed by atoms with Crippen molar-refractivity contribution in [3.8, 4) is 0 Å². The van der Waals surface area contributed by atoms with Crippen LogP contribution >= 0.6 is 0 Å². The first-order valence-corrected chi connectivity index (χ1v) is 32.0. The second-order valence-corrected chi connectivity index (χ2v) is 26.0. The molecule has 9 aliphatic rings. The Kier molecular flexibility index (Phi) is 27.7. The van der Waals surface area contributed by atoms with Crippen molar-refractivity contribution in [3.63, 3.8) is 0 Å². The summed E-state index contributed by atoms with van der Waals surface area (Å²) >= 11 is 0. The molecule has 2 aliphatic carbocycles. The summed E-state index contributed by atoms with van der Waals surface area (Å²) in [6.07, 6.45) is -67.4. The van der Waals surface area contributed by atoms with Crippen LogP contribution in [0.4, 0.5) is 0 Å². The molecule has 28 N–H and O–H groups in total. The highest BCUT2D eigenvalue weighted by atomic mass is 16.8. The molecule has 7 aliphatic heterocycles. The second kappa shape index (κ2) is 34.0. The van der Waals surface area contributed by atoms with E-state index in [1.165, 1.54) is 32.9 Å². The van der Waals surface area contributed by atoms with Crippen molar-refractivity contribution in [2.24, 2.45) is 0 Å². The molecule has 9 rings (SSSR count). The average molecular weight is 1430 g/mol. The van der Waals surface area contributed by atoms with E-state index in [0.717, 1.165) is 0 Å². The van der Waals surface area contributed by atoms with Gasteiger partial charge in [-0.15, -0.1) is 0 Å². The molecule has 43 unspecified atom stereocenters. The van der Waals surface area contributed by atoms with Crippen molar-refractivity contribution in [2.45, 2.75) is 284 Å². The SMILES string of the molecule is CC1OC(CO)C(OC2OC(CO)C(OC3OC(CO)C(OC4OC(CO)C(OC5OC(C)C(NC6C=C(CO)C(OC7OC(CO)C(OC8OC(C)C(NC9C=C(CO)C(O)C(O)C9O)C(O)C8O)C(O)C7O)C(O)C6O)C(O)C5O)C(O)C4O)C(O)C3O)C(O)C2O)C(O)C1O. The Balaban J connectivity index is 0.771. The normalized spacial score (nSPS) is 52.9. The summed E-state index contributed by atoms with van der Waals surface area (Å²) in [5.74, 6) is 0. The molecule has 7 saturated heterocycles. The van der Waals surface area contributed by atoms with Gasteiger partial charge in [-0.2, -0.15) is 0 Å². The summed E-state index contributed by atoms with van der Waals surface area (Å²) in [4.78, 5) is 0. The molecule has 43 atom stereocenters. The molecule has 7 heterocycles. The van der Waals surface area contributed by atoms with Crippen LogP contribution in [-0.4, -0.2) is 442 Å². The fourth-order valence-electron chi connectivity index (χ4n) is 13.7. The van der Waals surface area contributed by atoms with Crippen molar-refractivity contribution < 1.29 is 194 Å². The number of aliphatic hydroxyl groups excluding tert-OH is 26. The van der Waals surface area contributed by atoms with Gasteiger partial charge < -0.3 is 205 Å². The van der Waals surface area contributed by atoms with Gasteiger partial charge in [-0.05, 0) is 31.9 Å². The van der Waals surface area contributed by atoms with E-state index in [9.17, 15) is 133 Å². The molecule has 0 bridgehead atoms. The third-order valence-corrected chi connectivity index (χ3v) is 19.6. The smallest absolute Gasteiger partial charge is 0.187 e. The lowest BCUT2D eigenvalue weighted by molar-refractivity contribution is -0.390. The Morgan fingerprint density at radius 1 is 0.286 bits per heavy atom. The summed E-state index contributed by atoms with van der Waals surface area (Å²) in [6.45, 7) is -2.08. The standard InChI is InChI=1S/C57H96N2O39/c1-13-25(58-18-4-16(6-60)28(68)33(73)29(18)69)31(71)40(80)52(87-13)94-48-21(9-63)89-54(42(82)36(48)76)93-46-17(7-61)5-19(30(70)35(46)75)59-26-14(2)88-53(41(81)32(26)72)95-49-22(10-64)90-56(43(83)37(49)77)97-51-24(12-66)92-57(45(85)39(51)79)98-50-23(11-65)91-55(44(84)38(50)78)96-47-20(8-62)86-15(3)27(67)34(47)74/h4-5,13-15,18-85H,6-12H2,1-3H3. The maximum Gasteiger partial charge on any atom is 0.187 e. The lowest BCUT2D eigenvalue weighted by Crippen LogP contribution is -2.69. The summed E-state index contributed by atoms with van der Waals surface area (Å²) in [5.41, 5.74) is -0.220. The lowest BCUT2D eigenvalue weighted by Gasteiger charge is -2.50. The molecular weight excluding hydrogens is 1340 g/mol. The summed E-state index contributed by atoms with van der Waals surface area (Å²) in [6, 6.07) is -5.15. The Morgan fingerprint density at radius 2 is 0.561 bits per heavy atom. The predicted molar refractivity (Wildman–Crippen MR) is 308 cm³/mol. The number of rotatable bonds is 23. The van der Waals surface area contributed by atoms with Gasteiger partial charge in [0.15, 0.2) is 37.7 Å². The number of ether oxygens (including phenoxy) is 13. The first-order chi connectivity index (χ1) is 46.4. The third-order valence-electron chi connectivity index (χ3n) is 19.6. The molecule has 98 heavy (non-hydrogen) atoms. The minimum atomic E-state index is -2.19. The molecule has 0 saturated carbocycles. The number of aliphatic hydroxyl groups is 26. The van der Waals surface area contributed by atoms with E-state index in [0.29, 0.717) is 0 Å². The van der Waals surface area contributed by atoms with Crippen LogP contribution in [0.2, 0.25) is 0 Å². The van der Waals surface area contributed by atoms with Crippen LogP contribution < -0.4 is 10.6 Å². The van der Waals surface area contributed by atoms with Crippen LogP contribution in [0.1, 0.15) is 20.8 Å². The Bertz CT molecular complexity index is 2550. The molecule has 0 amide bonds. The third kappa shape index (κ3) is 16.1. The zero-order valence-electron chi connectivity index (χ0n) is 52.9. The van der Waals surface area contributed by atoms with Gasteiger partial charge in [0.2, 0.25) is 0 Å². The van der Waals surface area contributed by atoms with E-state index >= 15 is 0 Å². The van der Waals surface area contributed by atoms with E-state index in [2.05, 4.69) is 10.6 Å². The van der Waals surface area contributed by atoms with Crippen LogP contribution in [-0.2, 0) is 61.6 Å². The molecule has 41 nitrogen and oxygen atoms in total. The Labute approximate surface area is 557 Å². The van der Waals surface area contributed by atoms with E-state index in [1.54, 1.807) is 0 Å². The molecule has 568 valence electrons. The molecule has 0 radical (unpaired) electrons. The summed E-state index contributed by atoms with van der Waals surface area (Å²) < 4.78 is 74.5. The minimum Gasteiger partial charge on any atom is -0.394 e. The highest BCUT2D eigenvalue weighted by Gasteiger charge is 2.59. The molecule has 41 heteroatoms. The van der Waals surface area contributed by atoms with Gasteiger partial charge in [0, 0.05) is 0 Å². The van der Waals surface area contributed by atoms with Gasteiger partial charge in [-0.25, -0.2) is 0 Å². The van der Waals surface area contributed by atoms with Gasteiger partial charge in [0.1, 0.15) is 183 Å². The molecule has 0 aromatic carbocycles. The van der Waals surface area contributed by atoms with Crippen molar-refractivity contribution >= 4 is 0 Å². The minimum absolute atomic E-state index is 0.0355. The Morgan fingerprint density at radius 3 is 0.888 bits per heavy atom. The topological polar surface area (TPSA) is 670 Å². The van der Waals surface area contributed by atoms with E-state index < -0.39 is 310 Å². The summed E-state index contributed by atoms with van der Waals surface area (Å²) in [5, 5.41) is 288. The van der Waals surface area contributed by atoms with Crippen molar-refractivity contribution in [3.05, 3.63) is 23.3 Å². The average Bonchev–Trinajstić information content (AvgIpc) is 0.788. The largest absolute Gasteiger partial charge is 0.394 e. The first-order valence-electron chi connectivity index (χ1n) is 32.0. The molecule has 7 fully saturated rings. The molecule has 0 aromatic rings. The van der Waals surface area contributed by atoms with Gasteiger partial charge in [-0.3, -0.25) is 0 Å². The quantitative estimate of drug-likeness (QED) is 0.0422. The van der Waals surface area contributed by atoms with E-state index in [4.69, 9.17) is 61.6 Å².